The summed E-state index contributed by atoms with van der Waals surface area (Å²) < 4.78 is 0. The minimum atomic E-state index is -0.167. The van der Waals surface area contributed by atoms with Gasteiger partial charge in [-0.3, -0.25) is 0 Å². The summed E-state index contributed by atoms with van der Waals surface area (Å²) in [5.41, 5.74) is 0.191. The SMILES string of the molecule is N#[N+]c1ccc(O)c([N+]#N)c1. The second-order valence-electron chi connectivity index (χ2n) is 1.87. The van der Waals surface area contributed by atoms with Crippen molar-refractivity contribution in [3.63, 3.8) is 0 Å². The van der Waals surface area contributed by atoms with Crippen molar-refractivity contribution in [1.29, 1.82) is 10.8 Å². The van der Waals surface area contributed by atoms with Gasteiger partial charge in [-0.2, -0.15) is 0 Å². The first-order valence-electron chi connectivity index (χ1n) is 2.81. The number of diazo groups is 2. The molecule has 1 aromatic rings. The highest BCUT2D eigenvalue weighted by Gasteiger charge is 2.18. The Morgan fingerprint density at radius 1 is 1.18 bits per heavy atom. The lowest BCUT2D eigenvalue weighted by molar-refractivity contribution is 0.478. The standard InChI is InChI=1S/C6H3N4O/c7-9-4-1-2-6(11)5(3-4)10-8/h1-3H/q+1/p+1. The zero-order chi connectivity index (χ0) is 8.27. The topological polar surface area (TPSA) is 76.5 Å². The smallest absolute Gasteiger partial charge is 0.434 e. The molecule has 5 heteroatoms. The van der Waals surface area contributed by atoms with E-state index in [1.54, 1.807) is 0 Å². The van der Waals surface area contributed by atoms with Gasteiger partial charge in [0.25, 0.3) is 0 Å². The van der Waals surface area contributed by atoms with Crippen LogP contribution in [0.15, 0.2) is 18.2 Å². The summed E-state index contributed by atoms with van der Waals surface area (Å²) in [6.45, 7) is 0. The van der Waals surface area contributed by atoms with Gasteiger partial charge in [0.05, 0.1) is 0 Å². The van der Waals surface area contributed by atoms with Crippen molar-refractivity contribution < 1.29 is 5.11 Å². The lowest BCUT2D eigenvalue weighted by atomic mass is 10.3. The molecule has 0 atom stereocenters. The summed E-state index contributed by atoms with van der Waals surface area (Å²) in [4.78, 5) is 5.60. The van der Waals surface area contributed by atoms with E-state index in [1.165, 1.54) is 18.2 Å². The van der Waals surface area contributed by atoms with Gasteiger partial charge in [0.2, 0.25) is 16.5 Å². The van der Waals surface area contributed by atoms with Crippen LogP contribution >= 0.6 is 0 Å². The molecule has 52 valence electrons. The number of benzene rings is 1. The van der Waals surface area contributed by atoms with Crippen LogP contribution < -0.4 is 0 Å². The van der Waals surface area contributed by atoms with Crippen LogP contribution in [0.1, 0.15) is 0 Å². The van der Waals surface area contributed by atoms with Gasteiger partial charge >= 0.3 is 11.4 Å². The molecule has 0 bridgehead atoms. The molecule has 0 aromatic heterocycles. The Bertz CT molecular complexity index is 360. The van der Waals surface area contributed by atoms with Crippen molar-refractivity contribution >= 4 is 11.4 Å². The quantitative estimate of drug-likeness (QED) is 0.573. The van der Waals surface area contributed by atoms with Crippen molar-refractivity contribution in [2.45, 2.75) is 0 Å². The van der Waals surface area contributed by atoms with Crippen molar-refractivity contribution in [3.8, 4) is 5.75 Å². The number of aromatic hydroxyl groups is 1. The number of nitrogens with zero attached hydrogens (tertiary/aromatic N) is 4. The van der Waals surface area contributed by atoms with E-state index in [-0.39, 0.29) is 17.1 Å². The van der Waals surface area contributed by atoms with Gasteiger partial charge in [0.1, 0.15) is 6.07 Å². The zero-order valence-corrected chi connectivity index (χ0v) is 5.47. The van der Waals surface area contributed by atoms with Gasteiger partial charge in [-0.25, -0.2) is 0 Å². The second-order valence-corrected chi connectivity index (χ2v) is 1.87. The monoisotopic (exact) mass is 148 g/mol. The Kier molecular flexibility index (Phi) is 1.67. The highest BCUT2D eigenvalue weighted by Crippen LogP contribution is 2.30. The molecular weight excluding hydrogens is 144 g/mol. The number of rotatable bonds is 0. The normalized spacial score (nSPS) is 8.18. The molecule has 0 radical (unpaired) electrons. The van der Waals surface area contributed by atoms with Crippen LogP contribution in [-0.2, 0) is 0 Å². The van der Waals surface area contributed by atoms with Crippen LogP contribution in [0.25, 0.3) is 9.95 Å². The summed E-state index contributed by atoms with van der Waals surface area (Å²) in [6.07, 6.45) is 0. The van der Waals surface area contributed by atoms with Gasteiger partial charge in [0.15, 0.2) is 9.95 Å². The van der Waals surface area contributed by atoms with E-state index < -0.39 is 0 Å². The van der Waals surface area contributed by atoms with Gasteiger partial charge in [-0.05, 0) is 6.07 Å². The van der Waals surface area contributed by atoms with E-state index in [1.807, 2.05) is 0 Å². The maximum absolute atomic E-state index is 8.95. The highest BCUT2D eigenvalue weighted by atomic mass is 16.3. The van der Waals surface area contributed by atoms with E-state index in [9.17, 15) is 0 Å². The average Bonchev–Trinajstić information content (AvgIpc) is 2.05. The fourth-order valence-corrected chi connectivity index (χ4v) is 0.654. The molecule has 1 aromatic carbocycles. The average molecular weight is 148 g/mol. The molecule has 0 fully saturated rings. The Morgan fingerprint density at radius 3 is 2.45 bits per heavy atom. The van der Waals surface area contributed by atoms with Gasteiger partial charge < -0.3 is 5.11 Å². The first kappa shape index (κ1) is 6.97. The maximum atomic E-state index is 8.95. The summed E-state index contributed by atoms with van der Waals surface area (Å²) in [5, 5.41) is 25.5. The van der Waals surface area contributed by atoms with E-state index in [2.05, 4.69) is 9.95 Å². The molecule has 0 heterocycles. The Balaban J connectivity index is 3.29. The highest BCUT2D eigenvalue weighted by molar-refractivity contribution is 5.64. The third kappa shape index (κ3) is 1.22. The number of phenols is 1. The third-order valence-corrected chi connectivity index (χ3v) is 1.18. The first-order valence-corrected chi connectivity index (χ1v) is 2.81. The van der Waals surface area contributed by atoms with Gasteiger partial charge in [0, 0.05) is 6.07 Å². The van der Waals surface area contributed by atoms with Gasteiger partial charge in [-0.1, -0.05) is 0 Å². The lowest BCUT2D eigenvalue weighted by Gasteiger charge is -1.79. The Labute approximate surface area is 62.1 Å². The lowest BCUT2D eigenvalue weighted by Crippen LogP contribution is -1.64. The maximum Gasteiger partial charge on any atom is 0.434 e. The number of hydrogen-bond acceptors (Lipinski definition) is 3. The van der Waals surface area contributed by atoms with Crippen molar-refractivity contribution in [3.05, 3.63) is 28.2 Å². The summed E-state index contributed by atoms with van der Waals surface area (Å²) in [5.74, 6) is -0.167. The van der Waals surface area contributed by atoms with Crippen LogP contribution in [0.3, 0.4) is 0 Å². The molecule has 0 spiro atoms. The number of hydrogen-bond donors (Lipinski definition) is 1. The summed E-state index contributed by atoms with van der Waals surface area (Å²) in [6, 6.07) is 3.88. The predicted octanol–water partition coefficient (Wildman–Crippen LogP) is 2.36. The number of phenolic OH excluding ortho intramolecular Hbond substituents is 1. The Hall–Kier alpha value is -2.14. The van der Waals surface area contributed by atoms with Crippen LogP contribution in [0, 0.1) is 10.8 Å². The molecule has 0 saturated heterocycles. The molecule has 0 aliphatic heterocycles. The zero-order valence-electron chi connectivity index (χ0n) is 5.47. The van der Waals surface area contributed by atoms with E-state index >= 15 is 0 Å². The first-order chi connectivity index (χ1) is 5.27. The summed E-state index contributed by atoms with van der Waals surface area (Å²) in [7, 11) is 0. The summed E-state index contributed by atoms with van der Waals surface area (Å²) >= 11 is 0. The van der Waals surface area contributed by atoms with Crippen molar-refractivity contribution in [1.82, 2.24) is 0 Å². The third-order valence-electron chi connectivity index (χ3n) is 1.18. The van der Waals surface area contributed by atoms with E-state index in [0.717, 1.165) is 0 Å². The van der Waals surface area contributed by atoms with E-state index in [4.69, 9.17) is 15.9 Å². The minimum absolute atomic E-state index is 0.0275. The molecule has 0 aliphatic carbocycles. The van der Waals surface area contributed by atoms with Crippen LogP contribution in [-0.4, -0.2) is 5.11 Å². The van der Waals surface area contributed by atoms with Gasteiger partial charge in [-0.15, -0.1) is 0 Å². The molecule has 0 unspecified atom stereocenters. The van der Waals surface area contributed by atoms with Crippen LogP contribution in [0.5, 0.6) is 5.75 Å². The van der Waals surface area contributed by atoms with Crippen molar-refractivity contribution in [2.75, 3.05) is 0 Å². The molecular formula is C6H4N4O+2. The predicted molar refractivity (Wildman–Crippen MR) is 37.6 cm³/mol. The largest absolute Gasteiger partial charge is 0.501 e. The molecule has 0 amide bonds. The fraction of sp³-hybridized carbons (Fsp3) is 0. The Morgan fingerprint density at radius 2 is 1.91 bits per heavy atom. The molecule has 5 nitrogen and oxygen atoms in total. The fourth-order valence-electron chi connectivity index (χ4n) is 0.654. The second kappa shape index (κ2) is 2.63. The minimum Gasteiger partial charge on any atom is -0.501 e. The van der Waals surface area contributed by atoms with Crippen molar-refractivity contribution in [2.24, 2.45) is 0 Å². The molecule has 1 rings (SSSR count). The molecule has 0 aliphatic rings. The van der Waals surface area contributed by atoms with Crippen LogP contribution in [0.2, 0.25) is 0 Å². The van der Waals surface area contributed by atoms with E-state index in [0.29, 0.717) is 0 Å². The molecule has 0 saturated carbocycles. The molecule has 11 heavy (non-hydrogen) atoms. The molecule has 1 N–H and O–H groups in total. The van der Waals surface area contributed by atoms with Crippen LogP contribution in [0.4, 0.5) is 11.4 Å².